The molecule has 0 radical (unpaired) electrons. The molecule has 3 nitrogen and oxygen atoms in total. The lowest BCUT2D eigenvalue weighted by molar-refractivity contribution is 0.267. The fourth-order valence-electron chi connectivity index (χ4n) is 1.85. The minimum Gasteiger partial charge on any atom is -0.484 e. The van der Waals surface area contributed by atoms with Crippen LogP contribution in [0, 0.1) is 6.92 Å². The number of furan rings is 1. The summed E-state index contributed by atoms with van der Waals surface area (Å²) in [6.07, 6.45) is 1.73. The fraction of sp³-hybridized carbons (Fsp3) is 0.133. The molecule has 0 aliphatic carbocycles. The summed E-state index contributed by atoms with van der Waals surface area (Å²) in [4.78, 5) is 4.34. The van der Waals surface area contributed by atoms with Gasteiger partial charge in [0.25, 0.3) is 0 Å². The summed E-state index contributed by atoms with van der Waals surface area (Å²) in [7, 11) is 0. The smallest absolute Gasteiger partial charge is 0.146 e. The molecule has 0 spiro atoms. The molecule has 0 N–H and O–H groups in total. The average molecular weight is 239 g/mol. The van der Waals surface area contributed by atoms with Gasteiger partial charge in [-0.15, -0.1) is 0 Å². The van der Waals surface area contributed by atoms with Crippen LogP contribution in [0.1, 0.15) is 11.5 Å². The van der Waals surface area contributed by atoms with E-state index in [1.165, 1.54) is 0 Å². The van der Waals surface area contributed by atoms with Gasteiger partial charge in [-0.2, -0.15) is 0 Å². The number of pyridine rings is 1. The Labute approximate surface area is 105 Å². The third-order valence-corrected chi connectivity index (χ3v) is 2.74. The van der Waals surface area contributed by atoms with Crippen molar-refractivity contribution in [1.82, 2.24) is 4.98 Å². The maximum absolute atomic E-state index is 5.66. The molecule has 3 rings (SSSR count). The third kappa shape index (κ3) is 2.20. The van der Waals surface area contributed by atoms with Crippen LogP contribution >= 0.6 is 0 Å². The van der Waals surface area contributed by atoms with E-state index in [9.17, 15) is 0 Å². The summed E-state index contributed by atoms with van der Waals surface area (Å²) >= 11 is 0. The second-order valence-electron chi connectivity index (χ2n) is 4.16. The molecule has 0 amide bonds. The Kier molecular flexibility index (Phi) is 2.73. The van der Waals surface area contributed by atoms with Crippen LogP contribution in [0.15, 0.2) is 53.1 Å². The minimum atomic E-state index is 0.424. The Morgan fingerprint density at radius 2 is 2.06 bits per heavy atom. The lowest BCUT2D eigenvalue weighted by Gasteiger charge is -2.04. The van der Waals surface area contributed by atoms with Crippen molar-refractivity contribution in [3.63, 3.8) is 0 Å². The van der Waals surface area contributed by atoms with Crippen LogP contribution in [-0.2, 0) is 6.61 Å². The Morgan fingerprint density at radius 3 is 2.89 bits per heavy atom. The molecule has 2 aromatic heterocycles. The molecule has 18 heavy (non-hydrogen) atoms. The van der Waals surface area contributed by atoms with Gasteiger partial charge >= 0.3 is 0 Å². The molecule has 0 saturated carbocycles. The number of ether oxygens (including phenoxy) is 1. The summed E-state index contributed by atoms with van der Waals surface area (Å²) in [6.45, 7) is 2.34. The van der Waals surface area contributed by atoms with Gasteiger partial charge in [-0.3, -0.25) is 4.98 Å². The van der Waals surface area contributed by atoms with E-state index in [-0.39, 0.29) is 0 Å². The van der Waals surface area contributed by atoms with Gasteiger partial charge in [-0.25, -0.2) is 0 Å². The number of hydrogen-bond donors (Lipinski definition) is 0. The average Bonchev–Trinajstić information content (AvgIpc) is 2.82. The lowest BCUT2D eigenvalue weighted by atomic mass is 10.2. The van der Waals surface area contributed by atoms with Crippen LogP contribution < -0.4 is 4.74 Å². The van der Waals surface area contributed by atoms with E-state index < -0.39 is 0 Å². The topological polar surface area (TPSA) is 35.3 Å². The fourth-order valence-corrected chi connectivity index (χ4v) is 1.85. The number of aryl methyl sites for hydroxylation is 1. The van der Waals surface area contributed by atoms with Crippen molar-refractivity contribution in [2.75, 3.05) is 0 Å². The number of fused-ring (bicyclic) bond motifs is 1. The van der Waals surface area contributed by atoms with Crippen molar-refractivity contribution in [3.05, 3.63) is 60.2 Å². The molecule has 0 unspecified atom stereocenters. The number of para-hydroxylation sites is 1. The zero-order valence-electron chi connectivity index (χ0n) is 10.1. The largest absolute Gasteiger partial charge is 0.484 e. The third-order valence-electron chi connectivity index (χ3n) is 2.74. The van der Waals surface area contributed by atoms with E-state index in [0.29, 0.717) is 6.61 Å². The van der Waals surface area contributed by atoms with Crippen LogP contribution in [0.4, 0.5) is 0 Å². The van der Waals surface area contributed by atoms with E-state index in [0.717, 1.165) is 28.2 Å². The standard InChI is InChI=1S/C15H13NO2/c1-11-6-7-13(18-11)10-17-14-8-12-4-2-3-5-15(12)16-9-14/h2-9H,10H2,1H3. The maximum Gasteiger partial charge on any atom is 0.146 e. The number of benzene rings is 1. The zero-order chi connectivity index (χ0) is 12.4. The molecule has 2 heterocycles. The highest BCUT2D eigenvalue weighted by Crippen LogP contribution is 2.19. The molecule has 0 atom stereocenters. The summed E-state index contributed by atoms with van der Waals surface area (Å²) < 4.78 is 11.1. The van der Waals surface area contributed by atoms with Crippen molar-refractivity contribution in [1.29, 1.82) is 0 Å². The van der Waals surface area contributed by atoms with Crippen molar-refractivity contribution in [2.24, 2.45) is 0 Å². The zero-order valence-corrected chi connectivity index (χ0v) is 10.1. The highest BCUT2D eigenvalue weighted by atomic mass is 16.5. The minimum absolute atomic E-state index is 0.424. The Bertz CT molecular complexity index is 673. The quantitative estimate of drug-likeness (QED) is 0.698. The van der Waals surface area contributed by atoms with Crippen LogP contribution in [0.25, 0.3) is 10.9 Å². The maximum atomic E-state index is 5.66. The van der Waals surface area contributed by atoms with Crippen molar-refractivity contribution >= 4 is 10.9 Å². The molecule has 0 bridgehead atoms. The van der Waals surface area contributed by atoms with E-state index in [2.05, 4.69) is 4.98 Å². The number of rotatable bonds is 3. The van der Waals surface area contributed by atoms with Gasteiger partial charge in [0.05, 0.1) is 11.7 Å². The molecule has 0 aliphatic heterocycles. The predicted octanol–water partition coefficient (Wildman–Crippen LogP) is 3.72. The van der Waals surface area contributed by atoms with E-state index in [1.54, 1.807) is 6.20 Å². The van der Waals surface area contributed by atoms with Gasteiger partial charge < -0.3 is 9.15 Å². The van der Waals surface area contributed by atoms with E-state index >= 15 is 0 Å². The second-order valence-corrected chi connectivity index (χ2v) is 4.16. The first-order valence-electron chi connectivity index (χ1n) is 5.84. The van der Waals surface area contributed by atoms with Gasteiger partial charge in [-0.05, 0) is 31.2 Å². The lowest BCUT2D eigenvalue weighted by Crippen LogP contribution is -1.94. The summed E-state index contributed by atoms with van der Waals surface area (Å²) in [5.74, 6) is 2.47. The first-order valence-corrected chi connectivity index (χ1v) is 5.84. The predicted molar refractivity (Wildman–Crippen MR) is 69.5 cm³/mol. The van der Waals surface area contributed by atoms with E-state index in [4.69, 9.17) is 9.15 Å². The van der Waals surface area contributed by atoms with Crippen LogP contribution in [-0.4, -0.2) is 4.98 Å². The van der Waals surface area contributed by atoms with Crippen LogP contribution in [0.5, 0.6) is 5.75 Å². The van der Waals surface area contributed by atoms with Gasteiger partial charge in [0, 0.05) is 5.39 Å². The first kappa shape index (κ1) is 10.8. The van der Waals surface area contributed by atoms with Gasteiger partial charge in [-0.1, -0.05) is 18.2 Å². The SMILES string of the molecule is Cc1ccc(COc2cnc3ccccc3c2)o1. The molecule has 1 aromatic carbocycles. The molecule has 90 valence electrons. The highest BCUT2D eigenvalue weighted by Gasteiger charge is 2.01. The molecule has 3 heteroatoms. The van der Waals surface area contributed by atoms with Gasteiger partial charge in [0.1, 0.15) is 23.9 Å². The molecule has 0 fully saturated rings. The molecule has 0 saturated heterocycles. The number of aromatic nitrogens is 1. The molecular weight excluding hydrogens is 226 g/mol. The van der Waals surface area contributed by atoms with Crippen molar-refractivity contribution in [2.45, 2.75) is 13.5 Å². The summed E-state index contributed by atoms with van der Waals surface area (Å²) in [5.41, 5.74) is 0.971. The van der Waals surface area contributed by atoms with Crippen LogP contribution in [0.2, 0.25) is 0 Å². The van der Waals surface area contributed by atoms with E-state index in [1.807, 2.05) is 49.4 Å². The van der Waals surface area contributed by atoms with Crippen molar-refractivity contribution in [3.8, 4) is 5.75 Å². The summed E-state index contributed by atoms with van der Waals surface area (Å²) in [5, 5.41) is 1.07. The first-order chi connectivity index (χ1) is 8.81. The Hall–Kier alpha value is -2.29. The van der Waals surface area contributed by atoms with Crippen LogP contribution in [0.3, 0.4) is 0 Å². The Balaban J connectivity index is 1.78. The monoisotopic (exact) mass is 239 g/mol. The summed E-state index contributed by atoms with van der Waals surface area (Å²) in [6, 6.07) is 13.8. The molecule has 3 aromatic rings. The molecular formula is C15H13NO2. The normalized spacial score (nSPS) is 10.7. The second kappa shape index (κ2) is 4.53. The number of nitrogens with zero attached hydrogens (tertiary/aromatic N) is 1. The highest BCUT2D eigenvalue weighted by molar-refractivity contribution is 5.79. The van der Waals surface area contributed by atoms with Gasteiger partial charge in [0.15, 0.2) is 0 Å². The number of hydrogen-bond acceptors (Lipinski definition) is 3. The Morgan fingerprint density at radius 1 is 1.17 bits per heavy atom. The molecule has 0 aliphatic rings. The van der Waals surface area contributed by atoms with Crippen molar-refractivity contribution < 1.29 is 9.15 Å². The van der Waals surface area contributed by atoms with Gasteiger partial charge in [0.2, 0.25) is 0 Å².